The maximum atomic E-state index is 13.1. The number of hydrogen-bond donors (Lipinski definition) is 1. The molecule has 0 unspecified atom stereocenters. The number of nitrogens with zero attached hydrogens (tertiary/aromatic N) is 2. The first kappa shape index (κ1) is 19.0. The largest absolute Gasteiger partial charge is 0.358 e. The fraction of sp³-hybridized carbons (Fsp3) is 0.333. The Kier molecular flexibility index (Phi) is 6.19. The zero-order valence-corrected chi connectivity index (χ0v) is 15.4. The number of benzene rings is 2. The lowest BCUT2D eigenvalue weighted by molar-refractivity contribution is -0.127. The van der Waals surface area contributed by atoms with Crippen molar-refractivity contribution in [3.05, 3.63) is 71.5 Å². The fourth-order valence-corrected chi connectivity index (χ4v) is 3.38. The zero-order valence-electron chi connectivity index (χ0n) is 15.4. The summed E-state index contributed by atoms with van der Waals surface area (Å²) in [5.74, 6) is -0.646. The molecule has 1 aliphatic heterocycles. The van der Waals surface area contributed by atoms with Crippen LogP contribution in [0.1, 0.15) is 15.9 Å². The van der Waals surface area contributed by atoms with Gasteiger partial charge in [0, 0.05) is 38.8 Å². The summed E-state index contributed by atoms with van der Waals surface area (Å²) in [7, 11) is 1.61. The molecule has 2 amide bonds. The highest BCUT2D eigenvalue weighted by molar-refractivity contribution is 5.95. The number of carbonyl (C=O) groups is 2. The number of piperazine rings is 1. The predicted octanol–water partition coefficient (Wildman–Crippen LogP) is 1.94. The van der Waals surface area contributed by atoms with E-state index in [1.165, 1.54) is 29.8 Å². The standard InChI is InChI=1S/C21H24FN3O2/c1-23-20(26)19-15-25(21(27)17-7-9-18(22)10-8-17)14-13-24(19)12-11-16-5-3-2-4-6-16/h2-10,19H,11-15H2,1H3,(H,23,26)/t19-/m1/s1. The highest BCUT2D eigenvalue weighted by Gasteiger charge is 2.33. The summed E-state index contributed by atoms with van der Waals surface area (Å²) in [6.45, 7) is 2.24. The van der Waals surface area contributed by atoms with Crippen LogP contribution in [0.4, 0.5) is 4.39 Å². The molecule has 0 aliphatic carbocycles. The van der Waals surface area contributed by atoms with Gasteiger partial charge < -0.3 is 10.2 Å². The van der Waals surface area contributed by atoms with Gasteiger partial charge in [-0.3, -0.25) is 14.5 Å². The quantitative estimate of drug-likeness (QED) is 0.876. The molecular weight excluding hydrogens is 345 g/mol. The second-order valence-electron chi connectivity index (χ2n) is 6.66. The average Bonchev–Trinajstić information content (AvgIpc) is 2.72. The van der Waals surface area contributed by atoms with E-state index in [1.807, 2.05) is 18.2 Å². The summed E-state index contributed by atoms with van der Waals surface area (Å²) in [5, 5.41) is 2.70. The third-order valence-electron chi connectivity index (χ3n) is 4.95. The lowest BCUT2D eigenvalue weighted by atomic mass is 10.1. The van der Waals surface area contributed by atoms with Crippen LogP contribution >= 0.6 is 0 Å². The van der Waals surface area contributed by atoms with Crippen LogP contribution in [0, 0.1) is 5.82 Å². The van der Waals surface area contributed by atoms with Gasteiger partial charge in [0.2, 0.25) is 5.91 Å². The van der Waals surface area contributed by atoms with Crippen LogP contribution in [-0.4, -0.2) is 60.9 Å². The molecule has 1 saturated heterocycles. The molecular formula is C21H24FN3O2. The molecule has 1 atom stereocenters. The van der Waals surface area contributed by atoms with Gasteiger partial charge in [-0.05, 0) is 36.2 Å². The van der Waals surface area contributed by atoms with Crippen molar-refractivity contribution in [3.8, 4) is 0 Å². The summed E-state index contributed by atoms with van der Waals surface area (Å²) in [5.41, 5.74) is 1.66. The number of nitrogens with one attached hydrogen (secondary N) is 1. The van der Waals surface area contributed by atoms with E-state index in [4.69, 9.17) is 0 Å². The van der Waals surface area contributed by atoms with Crippen LogP contribution in [0.2, 0.25) is 0 Å². The second kappa shape index (κ2) is 8.77. The second-order valence-corrected chi connectivity index (χ2v) is 6.66. The van der Waals surface area contributed by atoms with Gasteiger partial charge in [0.15, 0.2) is 0 Å². The van der Waals surface area contributed by atoms with E-state index < -0.39 is 6.04 Å². The number of carbonyl (C=O) groups excluding carboxylic acids is 2. The molecule has 0 bridgehead atoms. The Balaban J connectivity index is 1.67. The molecule has 0 aromatic heterocycles. The van der Waals surface area contributed by atoms with E-state index in [0.29, 0.717) is 25.2 Å². The van der Waals surface area contributed by atoms with E-state index in [1.54, 1.807) is 11.9 Å². The minimum absolute atomic E-state index is 0.0975. The Hall–Kier alpha value is -2.73. The predicted molar refractivity (Wildman–Crippen MR) is 102 cm³/mol. The third kappa shape index (κ3) is 4.71. The number of rotatable bonds is 5. The Bertz CT molecular complexity index is 780. The highest BCUT2D eigenvalue weighted by atomic mass is 19.1. The first-order valence-electron chi connectivity index (χ1n) is 9.13. The topological polar surface area (TPSA) is 52.7 Å². The molecule has 2 aromatic rings. The van der Waals surface area contributed by atoms with Crippen LogP contribution in [-0.2, 0) is 11.2 Å². The number of hydrogen-bond acceptors (Lipinski definition) is 3. The molecule has 1 aliphatic rings. The van der Waals surface area contributed by atoms with Gasteiger partial charge in [-0.25, -0.2) is 4.39 Å². The molecule has 2 aromatic carbocycles. The SMILES string of the molecule is CNC(=O)[C@H]1CN(C(=O)c2ccc(F)cc2)CCN1CCc1ccccc1. The molecule has 0 spiro atoms. The van der Waals surface area contributed by atoms with Gasteiger partial charge in [-0.2, -0.15) is 0 Å². The van der Waals surface area contributed by atoms with Crippen LogP contribution in [0.15, 0.2) is 54.6 Å². The molecule has 0 saturated carbocycles. The maximum absolute atomic E-state index is 13.1. The zero-order chi connectivity index (χ0) is 19.2. The summed E-state index contributed by atoms with van der Waals surface area (Å²) >= 11 is 0. The summed E-state index contributed by atoms with van der Waals surface area (Å²) in [4.78, 5) is 28.9. The number of likely N-dealkylation sites (N-methyl/N-ethyl adjacent to an activating group) is 1. The van der Waals surface area contributed by atoms with Crippen molar-refractivity contribution < 1.29 is 14.0 Å². The summed E-state index contributed by atoms with van der Waals surface area (Å²) < 4.78 is 13.1. The van der Waals surface area contributed by atoms with E-state index >= 15 is 0 Å². The van der Waals surface area contributed by atoms with Crippen LogP contribution < -0.4 is 5.32 Å². The molecule has 1 fully saturated rings. The van der Waals surface area contributed by atoms with Crippen molar-refractivity contribution in [1.82, 2.24) is 15.1 Å². The summed E-state index contributed by atoms with van der Waals surface area (Å²) in [6.07, 6.45) is 0.847. The van der Waals surface area contributed by atoms with Crippen molar-refractivity contribution in [2.24, 2.45) is 0 Å². The van der Waals surface area contributed by atoms with Crippen LogP contribution in [0.5, 0.6) is 0 Å². The summed E-state index contributed by atoms with van der Waals surface area (Å²) in [6, 6.07) is 15.3. The first-order chi connectivity index (χ1) is 13.1. The van der Waals surface area contributed by atoms with E-state index in [9.17, 15) is 14.0 Å². The smallest absolute Gasteiger partial charge is 0.253 e. The molecule has 1 N–H and O–H groups in total. The van der Waals surface area contributed by atoms with Crippen LogP contribution in [0.3, 0.4) is 0 Å². The Morgan fingerprint density at radius 3 is 2.44 bits per heavy atom. The fourth-order valence-electron chi connectivity index (χ4n) is 3.38. The van der Waals surface area contributed by atoms with E-state index in [0.717, 1.165) is 13.0 Å². The van der Waals surface area contributed by atoms with Crippen molar-refractivity contribution in [2.45, 2.75) is 12.5 Å². The van der Waals surface area contributed by atoms with Crippen molar-refractivity contribution in [2.75, 3.05) is 33.2 Å². The lowest BCUT2D eigenvalue weighted by Crippen LogP contribution is -2.60. The van der Waals surface area contributed by atoms with Crippen LogP contribution in [0.25, 0.3) is 0 Å². The van der Waals surface area contributed by atoms with E-state index in [2.05, 4.69) is 22.3 Å². The Labute approximate surface area is 158 Å². The van der Waals surface area contributed by atoms with Gasteiger partial charge in [-0.15, -0.1) is 0 Å². The van der Waals surface area contributed by atoms with Crippen molar-refractivity contribution in [1.29, 1.82) is 0 Å². The molecule has 27 heavy (non-hydrogen) atoms. The van der Waals surface area contributed by atoms with E-state index in [-0.39, 0.29) is 17.6 Å². The van der Waals surface area contributed by atoms with Crippen molar-refractivity contribution >= 4 is 11.8 Å². The molecule has 0 radical (unpaired) electrons. The Morgan fingerprint density at radius 1 is 1.07 bits per heavy atom. The van der Waals surface area contributed by atoms with Gasteiger partial charge >= 0.3 is 0 Å². The molecule has 6 heteroatoms. The Morgan fingerprint density at radius 2 is 1.78 bits per heavy atom. The molecule has 3 rings (SSSR count). The molecule has 1 heterocycles. The lowest BCUT2D eigenvalue weighted by Gasteiger charge is -2.40. The first-order valence-corrected chi connectivity index (χ1v) is 9.13. The number of amides is 2. The molecule has 142 valence electrons. The monoisotopic (exact) mass is 369 g/mol. The minimum atomic E-state index is -0.392. The number of halogens is 1. The highest BCUT2D eigenvalue weighted by Crippen LogP contribution is 2.15. The van der Waals surface area contributed by atoms with Gasteiger partial charge in [0.1, 0.15) is 11.9 Å². The van der Waals surface area contributed by atoms with Crippen molar-refractivity contribution in [3.63, 3.8) is 0 Å². The van der Waals surface area contributed by atoms with Gasteiger partial charge in [-0.1, -0.05) is 30.3 Å². The third-order valence-corrected chi connectivity index (χ3v) is 4.95. The minimum Gasteiger partial charge on any atom is -0.358 e. The van der Waals surface area contributed by atoms with Gasteiger partial charge in [0.05, 0.1) is 0 Å². The average molecular weight is 369 g/mol. The normalized spacial score (nSPS) is 17.6. The van der Waals surface area contributed by atoms with Gasteiger partial charge in [0.25, 0.3) is 5.91 Å². The maximum Gasteiger partial charge on any atom is 0.253 e. The molecule has 5 nitrogen and oxygen atoms in total.